The summed E-state index contributed by atoms with van der Waals surface area (Å²) < 4.78 is 0. The third kappa shape index (κ3) is 3.91. The molecule has 1 saturated heterocycles. The van der Waals surface area contributed by atoms with Gasteiger partial charge in [0.15, 0.2) is 0 Å². The molecule has 2 N–H and O–H groups in total. The molecule has 1 aliphatic rings. The number of benzene rings is 1. The van der Waals surface area contributed by atoms with Crippen LogP contribution in [0.25, 0.3) is 11.1 Å². The quantitative estimate of drug-likeness (QED) is 0.939. The van der Waals surface area contributed by atoms with Crippen molar-refractivity contribution in [2.24, 2.45) is 0 Å². The van der Waals surface area contributed by atoms with Crippen molar-refractivity contribution >= 4 is 5.69 Å². The molecule has 2 aromatic rings. The predicted molar refractivity (Wildman–Crippen MR) is 96.2 cm³/mol. The van der Waals surface area contributed by atoms with Crippen LogP contribution in [0.5, 0.6) is 0 Å². The molecule has 2 heterocycles. The highest BCUT2D eigenvalue weighted by molar-refractivity contribution is 5.72. The minimum Gasteiger partial charge on any atom is -0.397 e. The Morgan fingerprint density at radius 1 is 1.17 bits per heavy atom. The standard InChI is InChI=1S/C19H23N5/c1-23-5-2-6-24(8-7-23)14-15-3-4-19(16(9-15)11-20)17-10-18(21)13-22-12-17/h3-4,9-10,12-13H,2,5-8,14,21H2,1H3. The fourth-order valence-corrected chi connectivity index (χ4v) is 3.16. The van der Waals surface area contributed by atoms with Crippen molar-refractivity contribution in [3.8, 4) is 17.2 Å². The summed E-state index contributed by atoms with van der Waals surface area (Å²) in [6.07, 6.45) is 4.55. The Hall–Kier alpha value is -2.42. The maximum atomic E-state index is 9.54. The number of rotatable bonds is 3. The SMILES string of the molecule is CN1CCCN(Cc2ccc(-c3cncc(N)c3)c(C#N)c2)CC1. The topological polar surface area (TPSA) is 69.2 Å². The highest BCUT2D eigenvalue weighted by atomic mass is 15.2. The van der Waals surface area contributed by atoms with Crippen molar-refractivity contribution in [2.45, 2.75) is 13.0 Å². The van der Waals surface area contributed by atoms with Gasteiger partial charge in [-0.1, -0.05) is 12.1 Å². The van der Waals surface area contributed by atoms with Gasteiger partial charge in [-0.2, -0.15) is 5.26 Å². The van der Waals surface area contributed by atoms with Crippen LogP contribution in [0.4, 0.5) is 5.69 Å². The van der Waals surface area contributed by atoms with Crippen LogP contribution in [0, 0.1) is 11.3 Å². The first-order valence-corrected chi connectivity index (χ1v) is 8.30. The van der Waals surface area contributed by atoms with Gasteiger partial charge in [0.1, 0.15) is 0 Å². The van der Waals surface area contributed by atoms with Crippen LogP contribution in [0.3, 0.4) is 0 Å². The summed E-state index contributed by atoms with van der Waals surface area (Å²) in [5.74, 6) is 0. The normalized spacial score (nSPS) is 16.5. The predicted octanol–water partition coefficient (Wildman–Crippen LogP) is 2.34. The number of hydrogen-bond acceptors (Lipinski definition) is 5. The molecule has 24 heavy (non-hydrogen) atoms. The molecule has 0 aliphatic carbocycles. The van der Waals surface area contributed by atoms with E-state index in [2.05, 4.69) is 34.0 Å². The lowest BCUT2D eigenvalue weighted by atomic mass is 9.99. The van der Waals surface area contributed by atoms with Gasteiger partial charge >= 0.3 is 0 Å². The van der Waals surface area contributed by atoms with Crippen LogP contribution < -0.4 is 5.73 Å². The summed E-state index contributed by atoms with van der Waals surface area (Å²) in [6.45, 7) is 5.31. The highest BCUT2D eigenvalue weighted by Crippen LogP contribution is 2.25. The Labute approximate surface area is 143 Å². The molecule has 1 fully saturated rings. The summed E-state index contributed by atoms with van der Waals surface area (Å²) in [5.41, 5.74) is 10.0. The Bertz CT molecular complexity index is 750. The molecule has 1 aromatic carbocycles. The molecule has 1 aromatic heterocycles. The zero-order valence-electron chi connectivity index (χ0n) is 14.1. The lowest BCUT2D eigenvalue weighted by Crippen LogP contribution is -2.28. The van der Waals surface area contributed by atoms with Crippen LogP contribution in [-0.4, -0.2) is 48.0 Å². The number of nitrogen functional groups attached to an aromatic ring is 1. The summed E-state index contributed by atoms with van der Waals surface area (Å²) in [6, 6.07) is 10.3. The van der Waals surface area contributed by atoms with E-state index in [0.717, 1.165) is 43.9 Å². The van der Waals surface area contributed by atoms with Crippen LogP contribution in [0.2, 0.25) is 0 Å². The first-order valence-electron chi connectivity index (χ1n) is 8.30. The minimum atomic E-state index is 0.606. The number of nitrogens with two attached hydrogens (primary N) is 1. The molecular weight excluding hydrogens is 298 g/mol. The zero-order chi connectivity index (χ0) is 16.9. The lowest BCUT2D eigenvalue weighted by Gasteiger charge is -2.20. The molecule has 0 bridgehead atoms. The van der Waals surface area contributed by atoms with Crippen molar-refractivity contribution in [3.05, 3.63) is 47.8 Å². The van der Waals surface area contributed by atoms with E-state index >= 15 is 0 Å². The van der Waals surface area contributed by atoms with E-state index in [1.165, 1.54) is 12.0 Å². The molecule has 0 amide bonds. The molecule has 5 heteroatoms. The van der Waals surface area contributed by atoms with Gasteiger partial charge in [0.05, 0.1) is 17.3 Å². The number of anilines is 1. The van der Waals surface area contributed by atoms with E-state index in [1.807, 2.05) is 18.2 Å². The Morgan fingerprint density at radius 3 is 2.83 bits per heavy atom. The van der Waals surface area contributed by atoms with E-state index in [4.69, 9.17) is 5.73 Å². The monoisotopic (exact) mass is 321 g/mol. The molecule has 0 unspecified atom stereocenters. The third-order valence-corrected chi connectivity index (χ3v) is 4.49. The van der Waals surface area contributed by atoms with E-state index in [0.29, 0.717) is 11.3 Å². The largest absolute Gasteiger partial charge is 0.397 e. The molecule has 3 rings (SSSR count). The number of nitriles is 1. The van der Waals surface area contributed by atoms with Crippen LogP contribution in [0.15, 0.2) is 36.7 Å². The molecule has 5 nitrogen and oxygen atoms in total. The van der Waals surface area contributed by atoms with Crippen molar-refractivity contribution in [1.29, 1.82) is 5.26 Å². The van der Waals surface area contributed by atoms with Gasteiger partial charge in [0, 0.05) is 43.2 Å². The maximum absolute atomic E-state index is 9.54. The molecule has 124 valence electrons. The molecule has 0 spiro atoms. The number of aromatic nitrogens is 1. The molecule has 0 radical (unpaired) electrons. The summed E-state index contributed by atoms with van der Waals surface area (Å²) >= 11 is 0. The van der Waals surface area contributed by atoms with Gasteiger partial charge in [0.2, 0.25) is 0 Å². The fourth-order valence-electron chi connectivity index (χ4n) is 3.16. The fraction of sp³-hybridized carbons (Fsp3) is 0.368. The van der Waals surface area contributed by atoms with Crippen molar-refractivity contribution in [2.75, 3.05) is 39.0 Å². The first-order chi connectivity index (χ1) is 11.7. The average Bonchev–Trinajstić information content (AvgIpc) is 2.79. The van der Waals surface area contributed by atoms with Crippen LogP contribution in [-0.2, 0) is 6.54 Å². The maximum Gasteiger partial charge on any atom is 0.0998 e. The smallest absolute Gasteiger partial charge is 0.0998 e. The van der Waals surface area contributed by atoms with E-state index in [-0.39, 0.29) is 0 Å². The van der Waals surface area contributed by atoms with Gasteiger partial charge in [-0.05, 0) is 44.3 Å². The third-order valence-electron chi connectivity index (χ3n) is 4.49. The molecule has 1 aliphatic heterocycles. The Morgan fingerprint density at radius 2 is 2.04 bits per heavy atom. The van der Waals surface area contributed by atoms with E-state index in [1.54, 1.807) is 12.4 Å². The summed E-state index contributed by atoms with van der Waals surface area (Å²) in [4.78, 5) is 8.95. The van der Waals surface area contributed by atoms with Crippen molar-refractivity contribution < 1.29 is 0 Å². The zero-order valence-corrected chi connectivity index (χ0v) is 14.1. The van der Waals surface area contributed by atoms with Gasteiger partial charge in [-0.3, -0.25) is 9.88 Å². The number of likely N-dealkylation sites (N-methyl/N-ethyl adjacent to an activating group) is 1. The van der Waals surface area contributed by atoms with Crippen molar-refractivity contribution in [3.63, 3.8) is 0 Å². The van der Waals surface area contributed by atoms with Gasteiger partial charge in [-0.25, -0.2) is 0 Å². The van der Waals surface area contributed by atoms with Gasteiger partial charge < -0.3 is 10.6 Å². The Balaban J connectivity index is 1.80. The van der Waals surface area contributed by atoms with Gasteiger partial charge in [-0.15, -0.1) is 0 Å². The Kier molecular flexibility index (Phi) is 5.09. The number of hydrogen-bond donors (Lipinski definition) is 1. The average molecular weight is 321 g/mol. The highest BCUT2D eigenvalue weighted by Gasteiger charge is 2.13. The summed E-state index contributed by atoms with van der Waals surface area (Å²) in [5, 5.41) is 9.54. The van der Waals surface area contributed by atoms with Crippen molar-refractivity contribution in [1.82, 2.24) is 14.8 Å². The molecule has 0 saturated carbocycles. The molecular formula is C19H23N5. The minimum absolute atomic E-state index is 0.606. The van der Waals surface area contributed by atoms with Gasteiger partial charge in [0.25, 0.3) is 0 Å². The van der Waals surface area contributed by atoms with Crippen LogP contribution in [0.1, 0.15) is 17.5 Å². The lowest BCUT2D eigenvalue weighted by molar-refractivity contribution is 0.269. The number of nitrogens with zero attached hydrogens (tertiary/aromatic N) is 4. The van der Waals surface area contributed by atoms with E-state index in [9.17, 15) is 5.26 Å². The van der Waals surface area contributed by atoms with Crippen LogP contribution >= 0.6 is 0 Å². The second kappa shape index (κ2) is 7.43. The second-order valence-electron chi connectivity index (χ2n) is 6.43. The van der Waals surface area contributed by atoms with E-state index < -0.39 is 0 Å². The molecule has 0 atom stereocenters. The second-order valence-corrected chi connectivity index (χ2v) is 6.43. The first kappa shape index (κ1) is 16.4. The number of pyridine rings is 1. The summed E-state index contributed by atoms with van der Waals surface area (Å²) in [7, 11) is 2.17.